The fourth-order valence-corrected chi connectivity index (χ4v) is 4.10. The van der Waals surface area contributed by atoms with Crippen molar-refractivity contribution in [2.45, 2.75) is 30.7 Å². The van der Waals surface area contributed by atoms with Gasteiger partial charge in [0.1, 0.15) is 0 Å². The molecule has 1 aromatic rings. The Morgan fingerprint density at radius 1 is 1.29 bits per heavy atom. The minimum atomic E-state index is -3.24. The largest absolute Gasteiger partial charge is 0.315 e. The molecule has 0 aliphatic carbocycles. The van der Waals surface area contributed by atoms with Gasteiger partial charge >= 0.3 is 0 Å². The number of rotatable bonds is 7. The number of hydrogen-bond donors (Lipinski definition) is 1. The van der Waals surface area contributed by atoms with Gasteiger partial charge in [0, 0.05) is 24.2 Å². The van der Waals surface area contributed by atoms with Crippen LogP contribution in [-0.4, -0.2) is 51.3 Å². The van der Waals surface area contributed by atoms with E-state index < -0.39 is 9.84 Å². The second-order valence-electron chi connectivity index (χ2n) is 5.46. The molecule has 1 saturated heterocycles. The first-order valence-corrected chi connectivity index (χ1v) is 9.49. The SMILES string of the molecule is CCCN(CCS(=O)(=O)c1ccc(Cl)cc1)C1CCNC1. The number of sulfone groups is 1. The molecule has 1 atom stereocenters. The van der Waals surface area contributed by atoms with Gasteiger partial charge < -0.3 is 5.32 Å². The van der Waals surface area contributed by atoms with Crippen molar-refractivity contribution in [3.63, 3.8) is 0 Å². The first kappa shape index (κ1) is 16.7. The van der Waals surface area contributed by atoms with Crippen LogP contribution < -0.4 is 5.32 Å². The zero-order chi connectivity index (χ0) is 15.3. The zero-order valence-electron chi connectivity index (χ0n) is 12.4. The Labute approximate surface area is 132 Å². The third-order valence-electron chi connectivity index (χ3n) is 3.88. The van der Waals surface area contributed by atoms with E-state index in [1.54, 1.807) is 24.3 Å². The summed E-state index contributed by atoms with van der Waals surface area (Å²) >= 11 is 5.81. The molecular weight excluding hydrogens is 308 g/mol. The lowest BCUT2D eigenvalue weighted by Crippen LogP contribution is -2.40. The van der Waals surface area contributed by atoms with Gasteiger partial charge in [-0.15, -0.1) is 0 Å². The average Bonchev–Trinajstić information content (AvgIpc) is 2.98. The first-order chi connectivity index (χ1) is 10.0. The van der Waals surface area contributed by atoms with Crippen LogP contribution in [0.4, 0.5) is 0 Å². The van der Waals surface area contributed by atoms with Crippen molar-refractivity contribution >= 4 is 21.4 Å². The molecule has 1 N–H and O–H groups in total. The van der Waals surface area contributed by atoms with Gasteiger partial charge in [0.2, 0.25) is 0 Å². The van der Waals surface area contributed by atoms with E-state index in [4.69, 9.17) is 11.6 Å². The van der Waals surface area contributed by atoms with Crippen molar-refractivity contribution in [1.29, 1.82) is 0 Å². The van der Waals surface area contributed by atoms with Gasteiger partial charge in [-0.05, 0) is 50.2 Å². The normalized spacial score (nSPS) is 19.3. The van der Waals surface area contributed by atoms with Crippen LogP contribution in [0.15, 0.2) is 29.2 Å². The first-order valence-electron chi connectivity index (χ1n) is 7.46. The van der Waals surface area contributed by atoms with Crippen LogP contribution in [0.3, 0.4) is 0 Å². The molecule has 2 rings (SSSR count). The molecule has 0 spiro atoms. The number of halogens is 1. The average molecular weight is 331 g/mol. The molecule has 1 aliphatic heterocycles. The molecule has 0 amide bonds. The Balaban J connectivity index is 1.99. The Bertz CT molecular complexity index is 539. The Morgan fingerprint density at radius 2 is 2.00 bits per heavy atom. The molecule has 0 aromatic heterocycles. The summed E-state index contributed by atoms with van der Waals surface area (Å²) in [6, 6.07) is 6.88. The molecule has 6 heteroatoms. The van der Waals surface area contributed by atoms with Gasteiger partial charge in [0.15, 0.2) is 9.84 Å². The highest BCUT2D eigenvalue weighted by molar-refractivity contribution is 7.91. The second-order valence-corrected chi connectivity index (χ2v) is 8.00. The van der Waals surface area contributed by atoms with E-state index in [0.717, 1.165) is 32.5 Å². The fourth-order valence-electron chi connectivity index (χ4n) is 2.71. The quantitative estimate of drug-likeness (QED) is 0.832. The molecule has 0 saturated carbocycles. The van der Waals surface area contributed by atoms with Crippen LogP contribution in [0.25, 0.3) is 0 Å². The summed E-state index contributed by atoms with van der Waals surface area (Å²) in [6.45, 7) is 5.65. The van der Waals surface area contributed by atoms with E-state index in [-0.39, 0.29) is 5.75 Å². The molecule has 0 bridgehead atoms. The molecule has 118 valence electrons. The van der Waals surface area contributed by atoms with Crippen molar-refractivity contribution in [2.75, 3.05) is 31.9 Å². The van der Waals surface area contributed by atoms with Crippen LogP contribution >= 0.6 is 11.6 Å². The molecular formula is C15H23ClN2O2S. The molecule has 1 fully saturated rings. The van der Waals surface area contributed by atoms with Gasteiger partial charge in [-0.3, -0.25) is 4.90 Å². The Morgan fingerprint density at radius 3 is 2.57 bits per heavy atom. The highest BCUT2D eigenvalue weighted by atomic mass is 35.5. The predicted octanol–water partition coefficient (Wildman–Crippen LogP) is 2.19. The van der Waals surface area contributed by atoms with E-state index >= 15 is 0 Å². The monoisotopic (exact) mass is 330 g/mol. The van der Waals surface area contributed by atoms with Crippen molar-refractivity contribution in [3.05, 3.63) is 29.3 Å². The Kier molecular flexibility index (Phi) is 6.05. The van der Waals surface area contributed by atoms with Gasteiger partial charge in [-0.2, -0.15) is 0 Å². The third kappa shape index (κ3) is 4.68. The maximum absolute atomic E-state index is 12.4. The molecule has 1 heterocycles. The summed E-state index contributed by atoms with van der Waals surface area (Å²) in [5, 5.41) is 3.89. The van der Waals surface area contributed by atoms with E-state index in [9.17, 15) is 8.42 Å². The van der Waals surface area contributed by atoms with Crippen LogP contribution in [0.5, 0.6) is 0 Å². The van der Waals surface area contributed by atoms with Gasteiger partial charge in [-0.1, -0.05) is 18.5 Å². The number of nitrogens with zero attached hydrogens (tertiary/aromatic N) is 1. The molecule has 21 heavy (non-hydrogen) atoms. The van der Waals surface area contributed by atoms with E-state index in [2.05, 4.69) is 17.1 Å². The molecule has 1 unspecified atom stereocenters. The van der Waals surface area contributed by atoms with Gasteiger partial charge in [0.25, 0.3) is 0 Å². The van der Waals surface area contributed by atoms with Crippen molar-refractivity contribution in [3.8, 4) is 0 Å². The van der Waals surface area contributed by atoms with E-state index in [0.29, 0.717) is 22.5 Å². The lowest BCUT2D eigenvalue weighted by Gasteiger charge is -2.27. The molecule has 4 nitrogen and oxygen atoms in total. The minimum Gasteiger partial charge on any atom is -0.315 e. The number of hydrogen-bond acceptors (Lipinski definition) is 4. The fraction of sp³-hybridized carbons (Fsp3) is 0.600. The van der Waals surface area contributed by atoms with E-state index in [1.807, 2.05) is 0 Å². The van der Waals surface area contributed by atoms with Crippen LogP contribution in [0.2, 0.25) is 5.02 Å². The standard InChI is InChI=1S/C15H23ClN2O2S/c1-2-9-18(14-7-8-17-12-14)10-11-21(19,20)15-5-3-13(16)4-6-15/h3-6,14,17H,2,7-12H2,1H3. The van der Waals surface area contributed by atoms with Gasteiger partial charge in [0.05, 0.1) is 10.6 Å². The third-order valence-corrected chi connectivity index (χ3v) is 5.84. The molecule has 1 aliphatic rings. The number of benzene rings is 1. The summed E-state index contributed by atoms with van der Waals surface area (Å²) in [4.78, 5) is 2.65. The molecule has 0 radical (unpaired) electrons. The van der Waals surface area contributed by atoms with Crippen molar-refractivity contribution in [1.82, 2.24) is 10.2 Å². The van der Waals surface area contributed by atoms with Crippen LogP contribution in [-0.2, 0) is 9.84 Å². The summed E-state index contributed by atoms with van der Waals surface area (Å²) in [5.74, 6) is 0.158. The summed E-state index contributed by atoms with van der Waals surface area (Å²) in [5.41, 5.74) is 0. The summed E-state index contributed by atoms with van der Waals surface area (Å²) < 4.78 is 24.8. The van der Waals surface area contributed by atoms with Crippen molar-refractivity contribution in [2.24, 2.45) is 0 Å². The second kappa shape index (κ2) is 7.58. The lowest BCUT2D eigenvalue weighted by molar-refractivity contribution is 0.220. The van der Waals surface area contributed by atoms with E-state index in [1.165, 1.54) is 0 Å². The predicted molar refractivity (Wildman–Crippen MR) is 86.6 cm³/mol. The van der Waals surface area contributed by atoms with Crippen molar-refractivity contribution < 1.29 is 8.42 Å². The lowest BCUT2D eigenvalue weighted by atomic mass is 10.2. The summed E-state index contributed by atoms with van der Waals surface area (Å²) in [6.07, 6.45) is 2.14. The Hall–Kier alpha value is -0.620. The summed E-state index contributed by atoms with van der Waals surface area (Å²) in [7, 11) is -3.24. The smallest absolute Gasteiger partial charge is 0.179 e. The topological polar surface area (TPSA) is 49.4 Å². The van der Waals surface area contributed by atoms with Crippen LogP contribution in [0.1, 0.15) is 19.8 Å². The minimum absolute atomic E-state index is 0.158. The van der Waals surface area contributed by atoms with Gasteiger partial charge in [-0.25, -0.2) is 8.42 Å². The highest BCUT2D eigenvalue weighted by Gasteiger charge is 2.24. The zero-order valence-corrected chi connectivity index (χ0v) is 14.0. The van der Waals surface area contributed by atoms with Crippen LogP contribution in [0, 0.1) is 0 Å². The molecule has 1 aromatic carbocycles. The number of nitrogens with one attached hydrogen (secondary N) is 1. The maximum atomic E-state index is 12.4. The highest BCUT2D eigenvalue weighted by Crippen LogP contribution is 2.16. The maximum Gasteiger partial charge on any atom is 0.179 e.